The van der Waals surface area contributed by atoms with E-state index in [0.717, 1.165) is 35.1 Å². The van der Waals surface area contributed by atoms with Gasteiger partial charge in [-0.15, -0.1) is 0 Å². The van der Waals surface area contributed by atoms with Gasteiger partial charge in [0, 0.05) is 44.4 Å². The van der Waals surface area contributed by atoms with Crippen LogP contribution in [0.15, 0.2) is 68.3 Å². The molecule has 29 heavy (non-hydrogen) atoms. The molecule has 1 radical (unpaired) electrons. The van der Waals surface area contributed by atoms with E-state index < -0.39 is 0 Å². The van der Waals surface area contributed by atoms with Gasteiger partial charge in [-0.2, -0.15) is 0 Å². The molecule has 4 aromatic rings. The molecule has 0 aliphatic heterocycles. The Bertz CT molecular complexity index is 1030. The normalized spacial score (nSPS) is 9.76. The zero-order valence-electron chi connectivity index (χ0n) is 15.3. The van der Waals surface area contributed by atoms with Gasteiger partial charge >= 0.3 is 0 Å². The van der Waals surface area contributed by atoms with Gasteiger partial charge in [-0.1, -0.05) is 51.4 Å². The molecule has 0 aliphatic rings. The topological polar surface area (TPSA) is 77.8 Å². The number of hydrogen-bond donors (Lipinski definition) is 2. The minimum absolute atomic E-state index is 0. The summed E-state index contributed by atoms with van der Waals surface area (Å²) in [6, 6.07) is 15.3. The van der Waals surface area contributed by atoms with Gasteiger partial charge in [-0.3, -0.25) is 4.93 Å². The standard InChI is InChI=1S/C9H6Br2N2.C9H7BrN2.CH2I.CH4.V/c10-6-1-2-7-5(3-6)4-8(12)13-9(7)11;10-8-2-1-6-5-12-9(11)4-7(6)3-8;1-2;;/h1-4H,(H2,12,13);1-5H,(H2,11,12);1H2;1H4;/q;;-1;;/i;5D;;;. The maximum absolute atomic E-state index is 7.57. The van der Waals surface area contributed by atoms with Crippen LogP contribution in [-0.4, -0.2) is 9.97 Å². The van der Waals surface area contributed by atoms with Gasteiger partial charge in [0.05, 0.1) is 1.37 Å². The second-order valence-electron chi connectivity index (χ2n) is 5.23. The van der Waals surface area contributed by atoms with E-state index in [9.17, 15) is 0 Å². The molecule has 2 aromatic carbocycles. The van der Waals surface area contributed by atoms with Crippen molar-refractivity contribution in [3.63, 3.8) is 0 Å². The van der Waals surface area contributed by atoms with Crippen molar-refractivity contribution in [2.75, 3.05) is 11.5 Å². The average Bonchev–Trinajstić information content (AvgIpc) is 2.62. The number of fused-ring (bicyclic) bond motifs is 2. The quantitative estimate of drug-likeness (QED) is 0.110. The Morgan fingerprint density at radius 3 is 2.03 bits per heavy atom. The number of hydrogen-bond acceptors (Lipinski definition) is 4. The van der Waals surface area contributed by atoms with E-state index in [1.165, 1.54) is 0 Å². The minimum atomic E-state index is 0. The Balaban J connectivity index is 0.000000488. The second-order valence-corrected chi connectivity index (χ2v) is 7.81. The van der Waals surface area contributed by atoms with Crippen molar-refractivity contribution >= 4 is 104 Å². The summed E-state index contributed by atoms with van der Waals surface area (Å²) in [6.07, 6.45) is 0.225. The summed E-state index contributed by atoms with van der Waals surface area (Å²) in [5.41, 5.74) is 11.1. The van der Waals surface area contributed by atoms with Gasteiger partial charge < -0.3 is 34.1 Å². The van der Waals surface area contributed by atoms with E-state index in [1.54, 1.807) is 6.07 Å². The number of rotatable bonds is 0. The molecular weight excluding hydrogens is 714 g/mol. The van der Waals surface area contributed by atoms with Crippen LogP contribution in [0.3, 0.4) is 0 Å². The second kappa shape index (κ2) is 13.8. The number of anilines is 2. The zero-order chi connectivity index (χ0) is 20.8. The largest absolute Gasteiger partial charge is 0.384 e. The van der Waals surface area contributed by atoms with Gasteiger partial charge in [-0.05, 0) is 63.1 Å². The van der Waals surface area contributed by atoms with Crippen LogP contribution in [0, 0.1) is 4.93 Å². The molecule has 2 aromatic heterocycles. The predicted octanol–water partition coefficient (Wildman–Crippen LogP) is 7.77. The molecule has 0 unspecified atom stereocenters. The summed E-state index contributed by atoms with van der Waals surface area (Å²) in [6.45, 7) is 0. The Labute approximate surface area is 223 Å². The first kappa shape index (κ1) is 26.6. The molecule has 0 fully saturated rings. The molecule has 0 bridgehead atoms. The van der Waals surface area contributed by atoms with Crippen molar-refractivity contribution in [3.05, 3.63) is 73.2 Å². The molecule has 0 saturated carbocycles. The van der Waals surface area contributed by atoms with Crippen LogP contribution in [0.4, 0.5) is 11.6 Å². The van der Waals surface area contributed by atoms with Crippen LogP contribution < -0.4 is 11.5 Å². The van der Waals surface area contributed by atoms with Crippen molar-refractivity contribution < 1.29 is 19.9 Å². The summed E-state index contributed by atoms with van der Waals surface area (Å²) < 4.78 is 10.4. The Morgan fingerprint density at radius 1 is 0.828 bits per heavy atom. The average molecular weight is 734 g/mol. The van der Waals surface area contributed by atoms with Crippen LogP contribution in [-0.2, 0) is 18.6 Å². The van der Waals surface area contributed by atoms with Crippen LogP contribution in [0.5, 0.6) is 0 Å². The first-order chi connectivity index (χ1) is 13.3. The zero-order valence-corrected chi connectivity index (χ0v) is 22.6. The van der Waals surface area contributed by atoms with Crippen LogP contribution in [0.25, 0.3) is 21.5 Å². The maximum Gasteiger partial charge on any atom is 0.125 e. The molecule has 0 spiro atoms. The first-order valence-electron chi connectivity index (χ1n) is 7.94. The number of benzene rings is 2. The summed E-state index contributed by atoms with van der Waals surface area (Å²) in [5, 5.41) is 3.90. The van der Waals surface area contributed by atoms with Crippen molar-refractivity contribution in [1.82, 2.24) is 9.97 Å². The van der Waals surface area contributed by atoms with Gasteiger partial charge in [0.15, 0.2) is 0 Å². The number of halogens is 4. The fraction of sp³-hybridized carbons (Fsp3) is 0.0500. The third kappa shape index (κ3) is 8.34. The van der Waals surface area contributed by atoms with Crippen LogP contribution >= 0.6 is 70.4 Å². The minimum Gasteiger partial charge on any atom is -0.384 e. The molecular formula is C20H19Br3IN4V-. The van der Waals surface area contributed by atoms with E-state index in [1.807, 2.05) is 65.1 Å². The molecule has 153 valence electrons. The number of aromatic nitrogens is 2. The van der Waals surface area contributed by atoms with Crippen molar-refractivity contribution in [3.8, 4) is 0 Å². The van der Waals surface area contributed by atoms with E-state index in [2.05, 4.69) is 62.7 Å². The Hall–Kier alpha value is -0.386. The summed E-state index contributed by atoms with van der Waals surface area (Å²) in [5.74, 6) is 0.910. The monoisotopic (exact) mass is 731 g/mol. The smallest absolute Gasteiger partial charge is 0.125 e. The summed E-state index contributed by atoms with van der Waals surface area (Å²) in [7, 11) is 0. The molecule has 4 nitrogen and oxygen atoms in total. The van der Waals surface area contributed by atoms with Crippen molar-refractivity contribution in [1.29, 1.82) is 0 Å². The molecule has 4 rings (SSSR count). The van der Waals surface area contributed by atoms with E-state index >= 15 is 0 Å². The predicted molar refractivity (Wildman–Crippen MR) is 142 cm³/mol. The fourth-order valence-electron chi connectivity index (χ4n) is 2.28. The van der Waals surface area contributed by atoms with Gasteiger partial charge in [0.2, 0.25) is 0 Å². The third-order valence-electron chi connectivity index (χ3n) is 3.39. The van der Waals surface area contributed by atoms with Crippen LogP contribution in [0.1, 0.15) is 8.80 Å². The fourth-order valence-corrected chi connectivity index (χ4v) is 3.60. The first-order valence-corrected chi connectivity index (χ1v) is 11.3. The van der Waals surface area contributed by atoms with Gasteiger partial charge in [-0.25, -0.2) is 9.97 Å². The molecule has 0 aliphatic carbocycles. The van der Waals surface area contributed by atoms with Crippen molar-refractivity contribution in [2.45, 2.75) is 7.43 Å². The Morgan fingerprint density at radius 2 is 1.38 bits per heavy atom. The molecule has 0 saturated heterocycles. The molecule has 0 atom stereocenters. The molecule has 4 N–H and O–H groups in total. The summed E-state index contributed by atoms with van der Waals surface area (Å²) >= 11 is 12.0. The van der Waals surface area contributed by atoms with E-state index in [4.69, 9.17) is 12.8 Å². The number of nitrogens with two attached hydrogens (primary N) is 2. The van der Waals surface area contributed by atoms with E-state index in [-0.39, 0.29) is 32.2 Å². The van der Waals surface area contributed by atoms with Crippen molar-refractivity contribution in [2.24, 2.45) is 0 Å². The maximum atomic E-state index is 7.57. The molecule has 0 amide bonds. The molecule has 2 heterocycles. The van der Waals surface area contributed by atoms with Gasteiger partial charge in [0.1, 0.15) is 16.2 Å². The summed E-state index contributed by atoms with van der Waals surface area (Å²) in [4.78, 5) is 11.2. The van der Waals surface area contributed by atoms with Gasteiger partial charge in [0.25, 0.3) is 0 Å². The number of pyridine rings is 2. The molecule has 9 heteroatoms. The third-order valence-corrected chi connectivity index (χ3v) is 4.98. The SMILES string of the molecule is C.Nc1cc2cc(Br)ccc2c(Br)n1.[2H]c1nc(N)cc2cc(Br)ccc12.[CH2-]I.[V]. The van der Waals surface area contributed by atoms with Crippen LogP contribution in [0.2, 0.25) is 0 Å². The Kier molecular flexibility index (Phi) is 12.7. The number of nitrogen functional groups attached to an aromatic ring is 2. The van der Waals surface area contributed by atoms with E-state index in [0.29, 0.717) is 11.6 Å². The number of nitrogens with zero attached hydrogens (tertiary/aromatic N) is 2.